The Labute approximate surface area is 101 Å². The van der Waals surface area contributed by atoms with Crippen molar-refractivity contribution in [3.63, 3.8) is 0 Å². The monoisotopic (exact) mass is 325 g/mol. The molecule has 1 fully saturated rings. The average Bonchev–Trinajstić information content (AvgIpc) is 2.56. The SMILES string of the molecule is ClC1COCC1Nc1ncc(I)cn1. The lowest BCUT2D eigenvalue weighted by molar-refractivity contribution is 0.196. The number of hydrogen-bond donors (Lipinski definition) is 1. The van der Waals surface area contributed by atoms with Crippen molar-refractivity contribution in [3.8, 4) is 0 Å². The minimum atomic E-state index is -0.00196. The number of halogens is 2. The minimum absolute atomic E-state index is 0.00196. The summed E-state index contributed by atoms with van der Waals surface area (Å²) in [5.41, 5.74) is 0. The van der Waals surface area contributed by atoms with E-state index in [2.05, 4.69) is 37.9 Å². The number of nitrogens with zero attached hydrogens (tertiary/aromatic N) is 2. The molecule has 2 unspecified atom stereocenters. The maximum atomic E-state index is 6.01. The highest BCUT2D eigenvalue weighted by molar-refractivity contribution is 14.1. The van der Waals surface area contributed by atoms with Gasteiger partial charge in [0.05, 0.1) is 24.6 Å². The van der Waals surface area contributed by atoms with E-state index >= 15 is 0 Å². The largest absolute Gasteiger partial charge is 0.378 e. The molecule has 6 heteroatoms. The minimum Gasteiger partial charge on any atom is -0.378 e. The van der Waals surface area contributed by atoms with Gasteiger partial charge in [-0.05, 0) is 22.6 Å². The van der Waals surface area contributed by atoms with Crippen molar-refractivity contribution in [1.82, 2.24) is 9.97 Å². The predicted octanol–water partition coefficient (Wildman–Crippen LogP) is 1.50. The Morgan fingerprint density at radius 2 is 2.14 bits per heavy atom. The Morgan fingerprint density at radius 3 is 2.71 bits per heavy atom. The van der Waals surface area contributed by atoms with Gasteiger partial charge in [-0.3, -0.25) is 0 Å². The molecule has 0 spiro atoms. The molecule has 1 aliphatic rings. The summed E-state index contributed by atoms with van der Waals surface area (Å²) in [4.78, 5) is 8.26. The van der Waals surface area contributed by atoms with Crippen LogP contribution in [0.15, 0.2) is 12.4 Å². The average molecular weight is 326 g/mol. The van der Waals surface area contributed by atoms with Crippen LogP contribution in [0.2, 0.25) is 0 Å². The van der Waals surface area contributed by atoms with Gasteiger partial charge < -0.3 is 10.1 Å². The Balaban J connectivity index is 2.00. The van der Waals surface area contributed by atoms with E-state index < -0.39 is 0 Å². The Kier molecular flexibility index (Phi) is 3.40. The van der Waals surface area contributed by atoms with Gasteiger partial charge in [-0.15, -0.1) is 11.6 Å². The Bertz CT molecular complexity index is 308. The van der Waals surface area contributed by atoms with E-state index in [4.69, 9.17) is 16.3 Å². The van der Waals surface area contributed by atoms with E-state index in [0.29, 0.717) is 19.2 Å². The molecule has 4 nitrogen and oxygen atoms in total. The summed E-state index contributed by atoms with van der Waals surface area (Å²) in [5.74, 6) is 0.603. The number of hydrogen-bond acceptors (Lipinski definition) is 4. The van der Waals surface area contributed by atoms with E-state index in [1.807, 2.05) is 0 Å². The number of alkyl halides is 1. The third kappa shape index (κ3) is 2.46. The van der Waals surface area contributed by atoms with Crippen LogP contribution < -0.4 is 5.32 Å². The van der Waals surface area contributed by atoms with Gasteiger partial charge >= 0.3 is 0 Å². The molecule has 2 heterocycles. The van der Waals surface area contributed by atoms with Crippen LogP contribution in [0.1, 0.15) is 0 Å². The lowest BCUT2D eigenvalue weighted by atomic mass is 10.2. The molecule has 1 aromatic heterocycles. The van der Waals surface area contributed by atoms with Crippen LogP contribution in [0, 0.1) is 3.57 Å². The van der Waals surface area contributed by atoms with Crippen molar-refractivity contribution in [2.45, 2.75) is 11.4 Å². The molecule has 1 N–H and O–H groups in total. The fourth-order valence-electron chi connectivity index (χ4n) is 1.21. The van der Waals surface area contributed by atoms with Crippen LogP contribution in [0.3, 0.4) is 0 Å². The summed E-state index contributed by atoms with van der Waals surface area (Å²) >= 11 is 8.18. The highest BCUT2D eigenvalue weighted by Crippen LogP contribution is 2.15. The molecule has 0 aromatic carbocycles. The molecule has 0 bridgehead atoms. The molecule has 76 valence electrons. The molecule has 1 saturated heterocycles. The summed E-state index contributed by atoms with van der Waals surface area (Å²) < 4.78 is 6.23. The fraction of sp³-hybridized carbons (Fsp3) is 0.500. The van der Waals surface area contributed by atoms with Gasteiger partial charge in [0.15, 0.2) is 0 Å². The second-order valence-electron chi connectivity index (χ2n) is 3.03. The maximum Gasteiger partial charge on any atom is 0.222 e. The summed E-state index contributed by atoms with van der Waals surface area (Å²) in [6.07, 6.45) is 3.52. The molecule has 2 rings (SSSR count). The molecular formula is C8H9ClIN3O. The van der Waals surface area contributed by atoms with Gasteiger partial charge in [-0.25, -0.2) is 9.97 Å². The van der Waals surface area contributed by atoms with E-state index in [-0.39, 0.29) is 11.4 Å². The molecule has 14 heavy (non-hydrogen) atoms. The molecule has 1 aliphatic heterocycles. The zero-order valence-corrected chi connectivity index (χ0v) is 10.2. The third-order valence-corrected chi connectivity index (χ3v) is 2.93. The lowest BCUT2D eigenvalue weighted by Gasteiger charge is -2.13. The summed E-state index contributed by atoms with van der Waals surface area (Å²) in [5, 5.41) is 3.13. The molecule has 2 atom stereocenters. The Morgan fingerprint density at radius 1 is 1.43 bits per heavy atom. The van der Waals surface area contributed by atoms with Crippen LogP contribution in [-0.4, -0.2) is 34.6 Å². The van der Waals surface area contributed by atoms with Crippen molar-refractivity contribution >= 4 is 40.1 Å². The third-order valence-electron chi connectivity index (χ3n) is 1.95. The first-order valence-electron chi connectivity index (χ1n) is 4.21. The van der Waals surface area contributed by atoms with Gasteiger partial charge in [0.25, 0.3) is 0 Å². The molecule has 0 saturated carbocycles. The number of aromatic nitrogens is 2. The number of anilines is 1. The molecule has 0 aliphatic carbocycles. The van der Waals surface area contributed by atoms with Crippen LogP contribution in [0.25, 0.3) is 0 Å². The van der Waals surface area contributed by atoms with Gasteiger partial charge in [-0.1, -0.05) is 0 Å². The fourth-order valence-corrected chi connectivity index (χ4v) is 1.72. The molecule has 1 aromatic rings. The van der Waals surface area contributed by atoms with Crippen molar-refractivity contribution in [3.05, 3.63) is 16.0 Å². The topological polar surface area (TPSA) is 47.0 Å². The van der Waals surface area contributed by atoms with Crippen molar-refractivity contribution < 1.29 is 4.74 Å². The van der Waals surface area contributed by atoms with Gasteiger partial charge in [0, 0.05) is 16.0 Å². The molecule has 0 radical (unpaired) electrons. The smallest absolute Gasteiger partial charge is 0.222 e. The van der Waals surface area contributed by atoms with Crippen LogP contribution in [0.4, 0.5) is 5.95 Å². The first-order valence-corrected chi connectivity index (χ1v) is 5.73. The zero-order valence-electron chi connectivity index (χ0n) is 7.28. The van der Waals surface area contributed by atoms with Crippen molar-refractivity contribution in [2.75, 3.05) is 18.5 Å². The number of nitrogens with one attached hydrogen (secondary N) is 1. The second kappa shape index (κ2) is 4.59. The maximum absolute atomic E-state index is 6.01. The van der Waals surface area contributed by atoms with Crippen LogP contribution >= 0.6 is 34.2 Å². The van der Waals surface area contributed by atoms with Gasteiger partial charge in [-0.2, -0.15) is 0 Å². The van der Waals surface area contributed by atoms with Gasteiger partial charge in [0.2, 0.25) is 5.95 Å². The summed E-state index contributed by atoms with van der Waals surface area (Å²) in [7, 11) is 0. The first kappa shape index (κ1) is 10.4. The highest BCUT2D eigenvalue weighted by atomic mass is 127. The van der Waals surface area contributed by atoms with Crippen LogP contribution in [0.5, 0.6) is 0 Å². The normalized spacial score (nSPS) is 26.4. The summed E-state index contributed by atoms with van der Waals surface area (Å²) in [6.45, 7) is 1.20. The highest BCUT2D eigenvalue weighted by Gasteiger charge is 2.26. The van der Waals surface area contributed by atoms with Crippen LogP contribution in [-0.2, 0) is 4.74 Å². The molecule has 0 amide bonds. The van der Waals surface area contributed by atoms with E-state index in [0.717, 1.165) is 3.57 Å². The van der Waals surface area contributed by atoms with E-state index in [1.54, 1.807) is 12.4 Å². The summed E-state index contributed by atoms with van der Waals surface area (Å²) in [6, 6.07) is 0.108. The molecular weight excluding hydrogens is 316 g/mol. The number of rotatable bonds is 2. The predicted molar refractivity (Wildman–Crippen MR) is 62.6 cm³/mol. The van der Waals surface area contributed by atoms with Gasteiger partial charge in [0.1, 0.15) is 0 Å². The first-order chi connectivity index (χ1) is 6.75. The lowest BCUT2D eigenvalue weighted by Crippen LogP contribution is -2.29. The van der Waals surface area contributed by atoms with E-state index in [9.17, 15) is 0 Å². The van der Waals surface area contributed by atoms with E-state index in [1.165, 1.54) is 0 Å². The number of ether oxygens (including phenoxy) is 1. The van der Waals surface area contributed by atoms with Crippen molar-refractivity contribution in [2.24, 2.45) is 0 Å². The standard InChI is InChI=1S/C8H9ClIN3O/c9-6-3-14-4-7(6)13-8-11-1-5(10)2-12-8/h1-2,6-7H,3-4H2,(H,11,12,13). The van der Waals surface area contributed by atoms with Crippen molar-refractivity contribution in [1.29, 1.82) is 0 Å². The quantitative estimate of drug-likeness (QED) is 0.661. The Hall–Kier alpha value is -0.140. The second-order valence-corrected chi connectivity index (χ2v) is 4.84. The zero-order chi connectivity index (χ0) is 9.97.